The van der Waals surface area contributed by atoms with Gasteiger partial charge in [-0.15, -0.1) is 11.3 Å². The Labute approximate surface area is 134 Å². The Morgan fingerprint density at radius 1 is 1.30 bits per heavy atom. The van der Waals surface area contributed by atoms with Crippen LogP contribution in [0.25, 0.3) is 0 Å². The largest absolute Gasteiger partial charge is 0.374 e. The summed E-state index contributed by atoms with van der Waals surface area (Å²) in [5, 5.41) is 23.9. The summed E-state index contributed by atoms with van der Waals surface area (Å²) < 4.78 is 0. The number of rotatable bonds is 2. The maximum atomic E-state index is 12.6. The van der Waals surface area contributed by atoms with E-state index >= 15 is 0 Å². The molecular weight excluding hydrogens is 318 g/mol. The zero-order valence-corrected chi connectivity index (χ0v) is 12.6. The van der Waals surface area contributed by atoms with Crippen LogP contribution in [0, 0.1) is 10.1 Å². The summed E-state index contributed by atoms with van der Waals surface area (Å²) in [6, 6.07) is 7.67. The molecule has 7 nitrogen and oxygen atoms in total. The Kier molecular flexibility index (Phi) is 2.87. The highest BCUT2D eigenvalue weighted by Gasteiger charge is 2.52. The molecule has 3 heterocycles. The molecule has 1 atom stereocenters. The van der Waals surface area contributed by atoms with Crippen LogP contribution in [0.4, 0.5) is 16.4 Å². The molecule has 0 saturated carbocycles. The minimum absolute atomic E-state index is 0.00888. The Bertz CT molecular complexity index is 858. The number of nitrogens with zero attached hydrogens (tertiary/aromatic N) is 3. The quantitative estimate of drug-likeness (QED) is 0.674. The number of carbonyl (C=O) groups is 1. The van der Waals surface area contributed by atoms with Crippen LogP contribution in [-0.2, 0) is 0 Å². The molecule has 2 aliphatic heterocycles. The smallest absolute Gasteiger partial charge is 0.269 e. The molecular formula is C15H11N3O4S. The van der Waals surface area contributed by atoms with Crippen molar-refractivity contribution in [3.63, 3.8) is 0 Å². The third kappa shape index (κ3) is 1.92. The fraction of sp³-hybridized carbons (Fsp3) is 0.200. The molecule has 0 spiro atoms. The number of nitro groups is 1. The molecule has 1 unspecified atom stereocenters. The minimum Gasteiger partial charge on any atom is -0.374 e. The Hall–Kier alpha value is -2.58. The van der Waals surface area contributed by atoms with Gasteiger partial charge in [-0.3, -0.25) is 14.9 Å². The van der Waals surface area contributed by atoms with Crippen LogP contribution >= 0.6 is 11.3 Å². The molecule has 0 aliphatic carbocycles. The monoisotopic (exact) mass is 329 g/mol. The number of fused-ring (bicyclic) bond motifs is 2. The van der Waals surface area contributed by atoms with E-state index < -0.39 is 10.5 Å². The number of aliphatic hydroxyl groups is 1. The Morgan fingerprint density at radius 2 is 2.04 bits per heavy atom. The van der Waals surface area contributed by atoms with Crippen molar-refractivity contribution in [1.29, 1.82) is 0 Å². The van der Waals surface area contributed by atoms with Crippen molar-refractivity contribution in [2.24, 2.45) is 4.99 Å². The van der Waals surface area contributed by atoms with E-state index in [0.717, 1.165) is 0 Å². The third-order valence-corrected chi connectivity index (χ3v) is 4.97. The van der Waals surface area contributed by atoms with Gasteiger partial charge in [-0.1, -0.05) is 0 Å². The first-order valence-corrected chi connectivity index (χ1v) is 7.84. The molecule has 1 N–H and O–H groups in total. The lowest BCUT2D eigenvalue weighted by atomic mass is 9.90. The molecule has 23 heavy (non-hydrogen) atoms. The SMILES string of the molecule is O=C1c2ccsc2N=C2N(c3ccc([N+](=O)[O-])cc3)CCC12O. The van der Waals surface area contributed by atoms with E-state index in [9.17, 15) is 20.0 Å². The maximum absolute atomic E-state index is 12.6. The van der Waals surface area contributed by atoms with Crippen LogP contribution in [0.2, 0.25) is 0 Å². The van der Waals surface area contributed by atoms with Gasteiger partial charge in [-0.25, -0.2) is 4.99 Å². The summed E-state index contributed by atoms with van der Waals surface area (Å²) in [5.41, 5.74) is -0.508. The molecule has 0 bridgehead atoms. The second-order valence-electron chi connectivity index (χ2n) is 5.44. The van der Waals surface area contributed by atoms with Crippen LogP contribution in [0.1, 0.15) is 16.8 Å². The number of hydrogen-bond donors (Lipinski definition) is 1. The zero-order valence-electron chi connectivity index (χ0n) is 11.8. The number of benzene rings is 1. The summed E-state index contributed by atoms with van der Waals surface area (Å²) in [7, 11) is 0. The van der Waals surface area contributed by atoms with Gasteiger partial charge in [0.2, 0.25) is 5.78 Å². The van der Waals surface area contributed by atoms with Crippen molar-refractivity contribution < 1.29 is 14.8 Å². The van der Waals surface area contributed by atoms with Crippen molar-refractivity contribution in [2.75, 3.05) is 11.4 Å². The number of aliphatic imine (C=N–C) groups is 1. The molecule has 1 fully saturated rings. The van der Waals surface area contributed by atoms with Crippen LogP contribution in [0.5, 0.6) is 0 Å². The topological polar surface area (TPSA) is 96.0 Å². The Balaban J connectivity index is 1.78. The van der Waals surface area contributed by atoms with Gasteiger partial charge in [-0.2, -0.15) is 0 Å². The predicted octanol–water partition coefficient (Wildman–Crippen LogP) is 2.52. The van der Waals surface area contributed by atoms with E-state index in [2.05, 4.69) is 4.99 Å². The predicted molar refractivity (Wildman–Crippen MR) is 85.8 cm³/mol. The third-order valence-electron chi connectivity index (χ3n) is 4.17. The number of amidine groups is 1. The molecule has 1 aromatic heterocycles. The van der Waals surface area contributed by atoms with Gasteiger partial charge in [-0.05, 0) is 23.6 Å². The van der Waals surface area contributed by atoms with Crippen molar-refractivity contribution in [3.8, 4) is 0 Å². The van der Waals surface area contributed by atoms with E-state index in [0.29, 0.717) is 28.6 Å². The average molecular weight is 329 g/mol. The number of hydrogen-bond acceptors (Lipinski definition) is 7. The van der Waals surface area contributed by atoms with Gasteiger partial charge in [0.15, 0.2) is 11.4 Å². The first-order chi connectivity index (χ1) is 11.0. The van der Waals surface area contributed by atoms with Crippen molar-refractivity contribution >= 4 is 39.3 Å². The summed E-state index contributed by atoms with van der Waals surface area (Å²) in [4.78, 5) is 29.0. The molecule has 2 aromatic rings. The first kappa shape index (κ1) is 14.0. The second kappa shape index (κ2) is 4.71. The highest BCUT2D eigenvalue weighted by atomic mass is 32.1. The summed E-state index contributed by atoms with van der Waals surface area (Å²) >= 11 is 1.34. The fourth-order valence-electron chi connectivity index (χ4n) is 2.97. The van der Waals surface area contributed by atoms with Crippen LogP contribution < -0.4 is 4.90 Å². The highest BCUT2D eigenvalue weighted by molar-refractivity contribution is 7.14. The van der Waals surface area contributed by atoms with Crippen molar-refractivity contribution in [3.05, 3.63) is 51.4 Å². The summed E-state index contributed by atoms with van der Waals surface area (Å²) in [5.74, 6) is -0.0329. The molecule has 1 aromatic carbocycles. The number of Topliss-reactive ketones (excluding diaryl/α,β-unsaturated/α-hetero) is 1. The molecule has 4 rings (SSSR count). The van der Waals surface area contributed by atoms with Crippen molar-refractivity contribution in [2.45, 2.75) is 12.0 Å². The Morgan fingerprint density at radius 3 is 2.74 bits per heavy atom. The van der Waals surface area contributed by atoms with Crippen LogP contribution in [0.15, 0.2) is 40.7 Å². The normalized spacial score (nSPS) is 22.6. The summed E-state index contributed by atoms with van der Waals surface area (Å²) in [6.45, 7) is 0.424. The summed E-state index contributed by atoms with van der Waals surface area (Å²) in [6.07, 6.45) is 0.247. The van der Waals surface area contributed by atoms with Gasteiger partial charge in [0.25, 0.3) is 5.69 Å². The lowest BCUT2D eigenvalue weighted by Crippen LogP contribution is -2.48. The van der Waals surface area contributed by atoms with Gasteiger partial charge in [0.05, 0.1) is 10.5 Å². The van der Waals surface area contributed by atoms with E-state index in [1.54, 1.807) is 28.5 Å². The highest BCUT2D eigenvalue weighted by Crippen LogP contribution is 2.41. The van der Waals surface area contributed by atoms with E-state index in [-0.39, 0.29) is 17.9 Å². The van der Waals surface area contributed by atoms with Crippen molar-refractivity contribution in [1.82, 2.24) is 0 Å². The lowest BCUT2D eigenvalue weighted by molar-refractivity contribution is -0.384. The molecule has 0 amide bonds. The standard InChI is InChI=1S/C15H11N3O4S/c19-12-11-5-8-23-13(11)16-14-15(12,20)6-7-17(14)9-1-3-10(4-2-9)18(21)22/h1-5,8,20H,6-7H2. The molecule has 1 saturated heterocycles. The van der Waals surface area contributed by atoms with Gasteiger partial charge in [0.1, 0.15) is 5.00 Å². The molecule has 2 aliphatic rings. The number of carbonyl (C=O) groups excluding carboxylic acids is 1. The van der Waals surface area contributed by atoms with E-state index in [4.69, 9.17) is 0 Å². The first-order valence-electron chi connectivity index (χ1n) is 6.96. The van der Waals surface area contributed by atoms with Crippen LogP contribution in [0.3, 0.4) is 0 Å². The number of non-ortho nitro benzene ring substituents is 1. The lowest BCUT2D eigenvalue weighted by Gasteiger charge is -2.28. The fourth-order valence-corrected chi connectivity index (χ4v) is 3.73. The second-order valence-corrected chi connectivity index (χ2v) is 6.33. The number of anilines is 1. The van der Waals surface area contributed by atoms with Gasteiger partial charge in [0, 0.05) is 30.8 Å². The minimum atomic E-state index is -1.62. The van der Waals surface area contributed by atoms with Gasteiger partial charge >= 0.3 is 0 Å². The maximum Gasteiger partial charge on any atom is 0.269 e. The van der Waals surface area contributed by atoms with E-state index in [1.807, 2.05) is 0 Å². The average Bonchev–Trinajstić information content (AvgIpc) is 3.13. The van der Waals surface area contributed by atoms with E-state index in [1.165, 1.54) is 23.5 Å². The zero-order chi connectivity index (χ0) is 16.2. The van der Waals surface area contributed by atoms with Gasteiger partial charge < -0.3 is 10.0 Å². The number of thiophene rings is 1. The number of ketones is 1. The van der Waals surface area contributed by atoms with Crippen LogP contribution in [-0.4, -0.2) is 33.8 Å². The number of nitro benzene ring substituents is 1. The molecule has 0 radical (unpaired) electrons. The molecule has 116 valence electrons. The molecule has 8 heteroatoms.